The number of imidazole rings is 1. The Balaban J connectivity index is 2.07. The number of nitrogens with two attached hydrogens (primary N) is 1. The Kier molecular flexibility index (Phi) is 5.56. The van der Waals surface area contributed by atoms with E-state index in [4.69, 9.17) is 20.3 Å². The second kappa shape index (κ2) is 7.14. The molecule has 0 radical (unpaired) electrons. The molecule has 18 heteroatoms. The van der Waals surface area contributed by atoms with Gasteiger partial charge in [0.15, 0.2) is 16.9 Å². The molecule has 2 aromatic rings. The number of aromatic amines is 1. The molecule has 0 saturated carbocycles. The van der Waals surface area contributed by atoms with Crippen molar-refractivity contribution in [1.29, 1.82) is 0 Å². The number of H-pyrrole nitrogens is 1. The lowest BCUT2D eigenvalue weighted by atomic mass is 9.73. The summed E-state index contributed by atoms with van der Waals surface area (Å²) in [6, 6.07) is 0. The summed E-state index contributed by atoms with van der Waals surface area (Å²) in [5.41, 5.74) is -3.58. The number of nitrogen functional groups attached to an aromatic ring is 1. The van der Waals surface area contributed by atoms with Crippen molar-refractivity contribution in [3.8, 4) is 0 Å². The average Bonchev–Trinajstić information content (AvgIpc) is 3.05. The number of nitrogens with zero attached hydrogens (tertiary/aromatic N) is 3. The van der Waals surface area contributed by atoms with Gasteiger partial charge in [0, 0.05) is 0 Å². The van der Waals surface area contributed by atoms with Gasteiger partial charge in [0.1, 0.15) is 16.8 Å². The first kappa shape index (κ1) is 24.9. The van der Waals surface area contributed by atoms with Gasteiger partial charge in [-0.3, -0.25) is 18.9 Å². The summed E-state index contributed by atoms with van der Waals surface area (Å²) in [6.45, 7) is 3.95. The lowest BCUT2D eigenvalue weighted by Gasteiger charge is -2.42. The molecule has 0 aromatic carbocycles. The Labute approximate surface area is 179 Å². The molecule has 0 aliphatic carbocycles. The highest BCUT2D eigenvalue weighted by Gasteiger charge is 2.73. The second-order valence-corrected chi connectivity index (χ2v) is 10.8. The van der Waals surface area contributed by atoms with Crippen LogP contribution in [0.1, 0.15) is 27.7 Å². The maximum atomic E-state index is 12.1. The molecule has 180 valence electrons. The third-order valence-corrected chi connectivity index (χ3v) is 8.03. The van der Waals surface area contributed by atoms with Gasteiger partial charge in [-0.15, -0.1) is 0 Å². The van der Waals surface area contributed by atoms with Crippen LogP contribution in [-0.4, -0.2) is 67.8 Å². The van der Waals surface area contributed by atoms with Gasteiger partial charge in [-0.1, -0.05) is 0 Å². The highest BCUT2D eigenvalue weighted by Crippen LogP contribution is 2.60. The summed E-state index contributed by atoms with van der Waals surface area (Å²) in [6.07, 6.45) is 1.12. The van der Waals surface area contributed by atoms with Gasteiger partial charge in [0.25, 0.3) is 5.56 Å². The number of fused-ring (bicyclic) bond motifs is 1. The normalized spacial score (nSPS) is 35.3. The van der Waals surface area contributed by atoms with Gasteiger partial charge >= 0.3 is 15.6 Å². The molecular weight excluding hydrogens is 476 g/mol. The van der Waals surface area contributed by atoms with Crippen LogP contribution in [0.25, 0.3) is 11.2 Å². The number of hydrogen-bond acceptors (Lipinski definition) is 11. The average molecular weight is 499 g/mol. The summed E-state index contributed by atoms with van der Waals surface area (Å²) in [5.74, 6) is -0.251. The Morgan fingerprint density at radius 1 is 1.19 bits per heavy atom. The van der Waals surface area contributed by atoms with E-state index in [1.165, 1.54) is 20.8 Å². The van der Waals surface area contributed by atoms with Crippen molar-refractivity contribution in [2.24, 2.45) is 0 Å². The van der Waals surface area contributed by atoms with Crippen molar-refractivity contribution in [3.63, 3.8) is 0 Å². The molecule has 3 heterocycles. The zero-order chi connectivity index (χ0) is 24.5. The lowest BCUT2D eigenvalue weighted by Crippen LogP contribution is -2.63. The Hall–Kier alpha value is -1.71. The first-order valence-corrected chi connectivity index (χ1v) is 11.9. The van der Waals surface area contributed by atoms with Gasteiger partial charge in [-0.25, -0.2) is 14.1 Å². The number of aliphatic hydroxyl groups is 2. The fraction of sp³-hybridized carbons (Fsp3) is 0.643. The zero-order valence-corrected chi connectivity index (χ0v) is 19.1. The van der Waals surface area contributed by atoms with Crippen molar-refractivity contribution in [2.75, 3.05) is 12.3 Å². The molecule has 1 saturated heterocycles. The predicted molar refractivity (Wildman–Crippen MR) is 106 cm³/mol. The molecule has 1 fully saturated rings. The van der Waals surface area contributed by atoms with Gasteiger partial charge in [-0.05, 0) is 27.7 Å². The maximum absolute atomic E-state index is 12.1. The van der Waals surface area contributed by atoms with Crippen LogP contribution in [0.15, 0.2) is 11.1 Å². The van der Waals surface area contributed by atoms with Gasteiger partial charge in [-0.2, -0.15) is 9.29 Å². The van der Waals surface area contributed by atoms with Gasteiger partial charge in [0.05, 0.1) is 12.9 Å². The Morgan fingerprint density at radius 2 is 1.78 bits per heavy atom. The van der Waals surface area contributed by atoms with Crippen molar-refractivity contribution >= 4 is 32.8 Å². The minimum absolute atomic E-state index is 0.0901. The number of phosphoric ester groups is 1. The summed E-state index contributed by atoms with van der Waals surface area (Å²) < 4.78 is 38.2. The molecule has 3 rings (SSSR count). The molecule has 0 spiro atoms. The molecule has 8 N–H and O–H groups in total. The first-order chi connectivity index (χ1) is 14.3. The highest BCUT2D eigenvalue weighted by molar-refractivity contribution is 7.60. The van der Waals surface area contributed by atoms with Gasteiger partial charge < -0.3 is 35.4 Å². The maximum Gasteiger partial charge on any atom is 0.481 e. The van der Waals surface area contributed by atoms with Crippen LogP contribution in [0.2, 0.25) is 0 Å². The Morgan fingerprint density at radius 3 is 2.34 bits per heavy atom. The second-order valence-electron chi connectivity index (χ2n) is 8.01. The SMILES string of the molecule is CC1(O)C(C)(O)[C@](C)(n2cnc3c(=O)[nH]c(N)nc32)O[C@]1(C)COP(=O)(O)OP(=O)(O)O. The smallest absolute Gasteiger partial charge is 0.384 e. The third-order valence-electron chi connectivity index (χ3n) is 5.90. The molecular formula is C14H23N5O11P2. The van der Waals surface area contributed by atoms with Crippen LogP contribution in [0.3, 0.4) is 0 Å². The number of aromatic nitrogens is 4. The predicted octanol–water partition coefficient (Wildman–Crippen LogP) is -1.11. The Bertz CT molecular complexity index is 1220. The van der Waals surface area contributed by atoms with Crippen molar-refractivity contribution < 1.29 is 47.6 Å². The molecule has 32 heavy (non-hydrogen) atoms. The highest BCUT2D eigenvalue weighted by atomic mass is 31.3. The van der Waals surface area contributed by atoms with E-state index in [9.17, 15) is 29.0 Å². The monoisotopic (exact) mass is 499 g/mol. The summed E-state index contributed by atoms with van der Waals surface area (Å²) in [5, 5.41) is 22.6. The van der Waals surface area contributed by atoms with Gasteiger partial charge in [0.2, 0.25) is 5.95 Å². The van der Waals surface area contributed by atoms with Crippen LogP contribution >= 0.6 is 15.6 Å². The van der Waals surface area contributed by atoms with E-state index in [0.29, 0.717) is 0 Å². The summed E-state index contributed by atoms with van der Waals surface area (Å²) in [7, 11) is -10.7. The number of anilines is 1. The number of phosphoric acid groups is 2. The van der Waals surface area contributed by atoms with Crippen molar-refractivity contribution in [1.82, 2.24) is 19.5 Å². The van der Waals surface area contributed by atoms with Crippen LogP contribution in [0.5, 0.6) is 0 Å². The molecule has 1 aliphatic rings. The van der Waals surface area contributed by atoms with Crippen LogP contribution in [-0.2, 0) is 28.4 Å². The molecule has 2 aromatic heterocycles. The largest absolute Gasteiger partial charge is 0.481 e. The van der Waals surface area contributed by atoms with E-state index in [0.717, 1.165) is 17.8 Å². The van der Waals surface area contributed by atoms with Crippen LogP contribution in [0.4, 0.5) is 5.95 Å². The molecule has 5 atom stereocenters. The summed E-state index contributed by atoms with van der Waals surface area (Å²) in [4.78, 5) is 49.4. The number of ether oxygens (including phenoxy) is 1. The summed E-state index contributed by atoms with van der Waals surface area (Å²) >= 11 is 0. The van der Waals surface area contributed by atoms with E-state index in [1.54, 1.807) is 0 Å². The fourth-order valence-electron chi connectivity index (χ4n) is 3.66. The van der Waals surface area contributed by atoms with E-state index in [2.05, 4.69) is 23.8 Å². The van der Waals surface area contributed by atoms with E-state index >= 15 is 0 Å². The molecule has 1 aliphatic heterocycles. The third kappa shape index (κ3) is 3.72. The van der Waals surface area contributed by atoms with E-state index in [-0.39, 0.29) is 17.1 Å². The minimum atomic E-state index is -5.39. The van der Waals surface area contributed by atoms with Crippen molar-refractivity contribution in [2.45, 2.75) is 50.2 Å². The van der Waals surface area contributed by atoms with E-state index < -0.39 is 50.3 Å². The van der Waals surface area contributed by atoms with Crippen LogP contribution < -0.4 is 11.3 Å². The molecule has 3 unspecified atom stereocenters. The first-order valence-electron chi connectivity index (χ1n) is 8.89. The van der Waals surface area contributed by atoms with Crippen molar-refractivity contribution in [3.05, 3.63) is 16.7 Å². The lowest BCUT2D eigenvalue weighted by molar-refractivity contribution is -0.192. The quantitative estimate of drug-likeness (QED) is 0.233. The van der Waals surface area contributed by atoms with E-state index in [1.807, 2.05) is 0 Å². The molecule has 0 amide bonds. The van der Waals surface area contributed by atoms with Crippen LogP contribution in [0, 0.1) is 0 Å². The number of nitrogens with one attached hydrogen (secondary N) is 1. The minimum Gasteiger partial charge on any atom is -0.384 e. The molecule has 0 bridgehead atoms. The zero-order valence-electron chi connectivity index (χ0n) is 17.3. The number of hydrogen-bond donors (Lipinski definition) is 7. The standard InChI is InChI=1S/C14H23N5O11P2/c1-11(5-28-32(26,27)30-31(23,24)25)12(2,21)13(3,22)14(4,29-11)19-6-16-7-8(19)17-10(15)18-9(7)20/h6,21-22H,5H2,1-4H3,(H,26,27)(H2,23,24,25)(H3,15,17,18,20)/t11-,12?,13?,14-/m1/s1. The topological polar surface area (TPSA) is 253 Å². The number of rotatable bonds is 6. The fourth-order valence-corrected chi connectivity index (χ4v) is 5.33. The molecule has 16 nitrogen and oxygen atoms in total.